The van der Waals surface area contributed by atoms with Gasteiger partial charge in [-0.2, -0.15) is 0 Å². The average molecular weight is 304 g/mol. The number of anilines is 1. The van der Waals surface area contributed by atoms with Gasteiger partial charge in [-0.15, -0.1) is 11.3 Å². The van der Waals surface area contributed by atoms with Crippen molar-refractivity contribution in [3.8, 4) is 5.75 Å². The van der Waals surface area contributed by atoms with Crippen molar-refractivity contribution in [1.82, 2.24) is 4.98 Å². The molecule has 0 radical (unpaired) electrons. The van der Waals surface area contributed by atoms with Crippen molar-refractivity contribution in [1.29, 1.82) is 0 Å². The molecule has 1 heterocycles. The fourth-order valence-electron chi connectivity index (χ4n) is 1.61. The standard InChI is InChI=1S/C15H16N2O3S/c1-11(18)13-10-21-15(16-13)17-14(19)8-5-9-20-12-6-3-2-4-7-12/h2-4,6-7,10H,5,8-9H2,1H3,(H,16,17,19). The number of nitrogens with one attached hydrogen (secondary N) is 1. The number of hydrogen-bond donors (Lipinski definition) is 1. The molecule has 0 bridgehead atoms. The van der Waals surface area contributed by atoms with E-state index < -0.39 is 0 Å². The van der Waals surface area contributed by atoms with Crippen LogP contribution < -0.4 is 10.1 Å². The Balaban J connectivity index is 1.68. The zero-order valence-electron chi connectivity index (χ0n) is 11.7. The van der Waals surface area contributed by atoms with Gasteiger partial charge in [0.25, 0.3) is 0 Å². The van der Waals surface area contributed by atoms with Crippen molar-refractivity contribution in [3.05, 3.63) is 41.4 Å². The van der Waals surface area contributed by atoms with Crippen LogP contribution in [0.15, 0.2) is 35.7 Å². The van der Waals surface area contributed by atoms with Crippen molar-refractivity contribution in [2.75, 3.05) is 11.9 Å². The van der Waals surface area contributed by atoms with Crippen LogP contribution in [-0.2, 0) is 4.79 Å². The molecule has 5 nitrogen and oxygen atoms in total. The predicted octanol–water partition coefficient (Wildman–Crippen LogP) is 3.14. The molecule has 0 unspecified atom stereocenters. The summed E-state index contributed by atoms with van der Waals surface area (Å²) in [6.45, 7) is 1.93. The van der Waals surface area contributed by atoms with Gasteiger partial charge in [-0.25, -0.2) is 4.98 Å². The van der Waals surface area contributed by atoms with Crippen molar-refractivity contribution >= 4 is 28.2 Å². The maximum Gasteiger partial charge on any atom is 0.226 e. The molecule has 0 aliphatic heterocycles. The minimum Gasteiger partial charge on any atom is -0.494 e. The molecular formula is C15H16N2O3S. The van der Waals surface area contributed by atoms with Gasteiger partial charge in [0.2, 0.25) is 5.91 Å². The number of thiazole rings is 1. The van der Waals surface area contributed by atoms with E-state index in [4.69, 9.17) is 4.74 Å². The molecule has 1 amide bonds. The molecule has 1 aromatic carbocycles. The van der Waals surface area contributed by atoms with E-state index >= 15 is 0 Å². The highest BCUT2D eigenvalue weighted by atomic mass is 32.1. The Bertz CT molecular complexity index is 610. The van der Waals surface area contributed by atoms with Gasteiger partial charge >= 0.3 is 0 Å². The van der Waals surface area contributed by atoms with E-state index in [0.717, 1.165) is 5.75 Å². The second kappa shape index (κ2) is 7.54. The van der Waals surface area contributed by atoms with E-state index in [0.29, 0.717) is 30.3 Å². The second-order valence-corrected chi connectivity index (χ2v) is 5.27. The Kier molecular flexibility index (Phi) is 5.45. The summed E-state index contributed by atoms with van der Waals surface area (Å²) in [5, 5.41) is 4.76. The quantitative estimate of drug-likeness (QED) is 0.630. The smallest absolute Gasteiger partial charge is 0.226 e. The van der Waals surface area contributed by atoms with Gasteiger partial charge in [0.15, 0.2) is 10.9 Å². The number of carbonyl (C=O) groups excluding carboxylic acids is 2. The molecule has 0 fully saturated rings. The van der Waals surface area contributed by atoms with E-state index in [9.17, 15) is 9.59 Å². The van der Waals surface area contributed by atoms with Crippen LogP contribution in [0.1, 0.15) is 30.3 Å². The summed E-state index contributed by atoms with van der Waals surface area (Å²) in [6.07, 6.45) is 0.966. The fraction of sp³-hybridized carbons (Fsp3) is 0.267. The first-order valence-electron chi connectivity index (χ1n) is 6.59. The molecule has 0 aliphatic carbocycles. The van der Waals surface area contributed by atoms with Crippen LogP contribution in [0, 0.1) is 0 Å². The Morgan fingerprint density at radius 1 is 1.29 bits per heavy atom. The molecule has 0 saturated heterocycles. The summed E-state index contributed by atoms with van der Waals surface area (Å²) in [6, 6.07) is 9.47. The average Bonchev–Trinajstić information content (AvgIpc) is 2.93. The predicted molar refractivity (Wildman–Crippen MR) is 81.9 cm³/mol. The summed E-state index contributed by atoms with van der Waals surface area (Å²) in [5.74, 6) is 0.558. The van der Waals surface area contributed by atoms with Crippen LogP contribution in [-0.4, -0.2) is 23.3 Å². The molecule has 2 aromatic rings. The number of nitrogens with zero attached hydrogens (tertiary/aromatic N) is 1. The van der Waals surface area contributed by atoms with Crippen LogP contribution >= 0.6 is 11.3 Å². The van der Waals surface area contributed by atoms with Crippen molar-refractivity contribution in [3.63, 3.8) is 0 Å². The molecule has 0 spiro atoms. The number of hydrogen-bond acceptors (Lipinski definition) is 5. The van der Waals surface area contributed by atoms with Gasteiger partial charge in [0, 0.05) is 18.7 Å². The summed E-state index contributed by atoms with van der Waals surface area (Å²) >= 11 is 1.25. The Morgan fingerprint density at radius 2 is 2.05 bits per heavy atom. The number of para-hydroxylation sites is 1. The lowest BCUT2D eigenvalue weighted by molar-refractivity contribution is -0.116. The van der Waals surface area contributed by atoms with Gasteiger partial charge < -0.3 is 10.1 Å². The Labute approximate surface area is 127 Å². The highest BCUT2D eigenvalue weighted by molar-refractivity contribution is 7.14. The summed E-state index contributed by atoms with van der Waals surface area (Å²) in [5.41, 5.74) is 0.378. The first kappa shape index (κ1) is 15.2. The number of carbonyl (C=O) groups is 2. The van der Waals surface area contributed by atoms with Gasteiger partial charge in [-0.3, -0.25) is 9.59 Å². The van der Waals surface area contributed by atoms with E-state index in [1.807, 2.05) is 30.3 Å². The van der Waals surface area contributed by atoms with Crippen LogP contribution in [0.5, 0.6) is 5.75 Å². The number of rotatable bonds is 7. The monoisotopic (exact) mass is 304 g/mol. The topological polar surface area (TPSA) is 68.3 Å². The molecule has 6 heteroatoms. The summed E-state index contributed by atoms with van der Waals surface area (Å²) in [7, 11) is 0. The molecule has 0 atom stereocenters. The maximum absolute atomic E-state index is 11.7. The van der Waals surface area contributed by atoms with E-state index in [2.05, 4.69) is 10.3 Å². The van der Waals surface area contributed by atoms with E-state index in [1.165, 1.54) is 18.3 Å². The van der Waals surface area contributed by atoms with Crippen LogP contribution in [0.4, 0.5) is 5.13 Å². The van der Waals surface area contributed by atoms with Crippen LogP contribution in [0.3, 0.4) is 0 Å². The molecule has 21 heavy (non-hydrogen) atoms. The zero-order valence-corrected chi connectivity index (χ0v) is 12.5. The fourth-order valence-corrected chi connectivity index (χ4v) is 2.38. The molecule has 2 rings (SSSR count). The highest BCUT2D eigenvalue weighted by Gasteiger charge is 2.08. The Hall–Kier alpha value is -2.21. The number of benzene rings is 1. The number of amides is 1. The molecule has 1 N–H and O–H groups in total. The Morgan fingerprint density at radius 3 is 2.71 bits per heavy atom. The molecular weight excluding hydrogens is 288 g/mol. The van der Waals surface area contributed by atoms with Crippen LogP contribution in [0.25, 0.3) is 0 Å². The normalized spacial score (nSPS) is 10.1. The number of Topliss-reactive ketones (excluding diaryl/α,β-unsaturated/α-hetero) is 1. The summed E-state index contributed by atoms with van der Waals surface area (Å²) in [4.78, 5) is 26.9. The first-order valence-corrected chi connectivity index (χ1v) is 7.47. The molecule has 1 aromatic heterocycles. The van der Waals surface area contributed by atoms with Crippen LogP contribution in [0.2, 0.25) is 0 Å². The number of ether oxygens (including phenoxy) is 1. The minimum atomic E-state index is -0.129. The van der Waals surface area contributed by atoms with Crippen molar-refractivity contribution in [2.45, 2.75) is 19.8 Å². The zero-order chi connectivity index (χ0) is 15.1. The third kappa shape index (κ3) is 5.00. The number of ketones is 1. The third-order valence-corrected chi connectivity index (χ3v) is 3.43. The maximum atomic E-state index is 11.7. The van der Waals surface area contributed by atoms with Gasteiger partial charge in [0.1, 0.15) is 11.4 Å². The molecule has 0 aliphatic rings. The van der Waals surface area contributed by atoms with Gasteiger partial charge in [0.05, 0.1) is 6.61 Å². The van der Waals surface area contributed by atoms with E-state index in [1.54, 1.807) is 5.38 Å². The first-order chi connectivity index (χ1) is 10.1. The second-order valence-electron chi connectivity index (χ2n) is 4.41. The summed E-state index contributed by atoms with van der Waals surface area (Å²) < 4.78 is 5.50. The number of aromatic nitrogens is 1. The lowest BCUT2D eigenvalue weighted by Gasteiger charge is -2.05. The largest absolute Gasteiger partial charge is 0.494 e. The van der Waals surface area contributed by atoms with Gasteiger partial charge in [-0.1, -0.05) is 18.2 Å². The lowest BCUT2D eigenvalue weighted by atomic mass is 10.3. The lowest BCUT2D eigenvalue weighted by Crippen LogP contribution is -2.12. The third-order valence-electron chi connectivity index (χ3n) is 2.67. The SMILES string of the molecule is CC(=O)c1csc(NC(=O)CCCOc2ccccc2)n1. The van der Waals surface area contributed by atoms with E-state index in [-0.39, 0.29) is 11.7 Å². The minimum absolute atomic E-state index is 0.108. The molecule has 110 valence electrons. The van der Waals surface area contributed by atoms with Crippen molar-refractivity contribution < 1.29 is 14.3 Å². The van der Waals surface area contributed by atoms with Crippen molar-refractivity contribution in [2.24, 2.45) is 0 Å². The van der Waals surface area contributed by atoms with Gasteiger partial charge in [-0.05, 0) is 18.6 Å². The highest BCUT2D eigenvalue weighted by Crippen LogP contribution is 2.16. The molecule has 0 saturated carbocycles.